The molecule has 3 rings (SSSR count). The van der Waals surface area contributed by atoms with E-state index in [4.69, 9.17) is 0 Å². The van der Waals surface area contributed by atoms with Crippen LogP contribution >= 0.6 is 0 Å². The highest BCUT2D eigenvalue weighted by molar-refractivity contribution is 5.95. The van der Waals surface area contributed by atoms with E-state index in [0.29, 0.717) is 24.0 Å². The Bertz CT molecular complexity index is 1030. The van der Waals surface area contributed by atoms with Crippen LogP contribution in [0.3, 0.4) is 0 Å². The SMILES string of the molecule is Cc1ccc2c(c1)c(=O)c(C(=O)NCCCn1nc(C)cc1C)nn2C. The van der Waals surface area contributed by atoms with Gasteiger partial charge in [-0.25, -0.2) is 0 Å². The summed E-state index contributed by atoms with van der Waals surface area (Å²) in [6, 6.07) is 7.57. The summed E-state index contributed by atoms with van der Waals surface area (Å²) in [6.07, 6.45) is 0.723. The number of carbonyl (C=O) groups excluding carboxylic acids is 1. The third kappa shape index (κ3) is 3.51. The molecule has 2 heterocycles. The van der Waals surface area contributed by atoms with E-state index >= 15 is 0 Å². The third-order valence-electron chi connectivity index (χ3n) is 4.36. The Hall–Kier alpha value is -2.96. The number of nitrogens with one attached hydrogen (secondary N) is 1. The van der Waals surface area contributed by atoms with Gasteiger partial charge in [0.2, 0.25) is 5.43 Å². The van der Waals surface area contributed by atoms with Gasteiger partial charge in [-0.3, -0.25) is 19.0 Å². The maximum Gasteiger partial charge on any atom is 0.275 e. The van der Waals surface area contributed by atoms with Crippen molar-refractivity contribution in [2.45, 2.75) is 33.7 Å². The highest BCUT2D eigenvalue weighted by Crippen LogP contribution is 2.11. The third-order valence-corrected chi connectivity index (χ3v) is 4.36. The minimum absolute atomic E-state index is 0.0725. The zero-order chi connectivity index (χ0) is 18.8. The molecule has 0 atom stereocenters. The van der Waals surface area contributed by atoms with Crippen LogP contribution in [-0.4, -0.2) is 32.0 Å². The molecule has 0 saturated heterocycles. The van der Waals surface area contributed by atoms with Crippen LogP contribution in [0.1, 0.15) is 33.9 Å². The minimum atomic E-state index is -0.442. The lowest BCUT2D eigenvalue weighted by Gasteiger charge is -2.09. The van der Waals surface area contributed by atoms with Crippen molar-refractivity contribution in [1.82, 2.24) is 24.9 Å². The second-order valence-electron chi connectivity index (χ2n) is 6.58. The van der Waals surface area contributed by atoms with E-state index in [0.717, 1.165) is 23.4 Å². The summed E-state index contributed by atoms with van der Waals surface area (Å²) in [6.45, 7) is 7.03. The monoisotopic (exact) mass is 353 g/mol. The van der Waals surface area contributed by atoms with Gasteiger partial charge in [0.25, 0.3) is 5.91 Å². The molecule has 0 unspecified atom stereocenters. The normalized spacial score (nSPS) is 11.1. The summed E-state index contributed by atoms with van der Waals surface area (Å²) in [4.78, 5) is 25.0. The molecule has 0 aliphatic carbocycles. The van der Waals surface area contributed by atoms with Crippen LogP contribution in [0, 0.1) is 20.8 Å². The van der Waals surface area contributed by atoms with Crippen LogP contribution in [0.2, 0.25) is 0 Å². The topological polar surface area (TPSA) is 81.8 Å². The molecule has 26 heavy (non-hydrogen) atoms. The second kappa shape index (κ2) is 7.11. The average molecular weight is 353 g/mol. The first-order chi connectivity index (χ1) is 12.4. The van der Waals surface area contributed by atoms with Gasteiger partial charge in [0.1, 0.15) is 0 Å². The number of amides is 1. The fourth-order valence-corrected chi connectivity index (χ4v) is 3.06. The molecule has 1 amide bonds. The second-order valence-corrected chi connectivity index (χ2v) is 6.58. The van der Waals surface area contributed by atoms with Gasteiger partial charge < -0.3 is 5.32 Å². The van der Waals surface area contributed by atoms with Gasteiger partial charge in [0.05, 0.1) is 16.6 Å². The molecule has 1 aromatic carbocycles. The van der Waals surface area contributed by atoms with Crippen LogP contribution in [0.15, 0.2) is 29.1 Å². The summed E-state index contributed by atoms with van der Waals surface area (Å²) < 4.78 is 3.48. The fourth-order valence-electron chi connectivity index (χ4n) is 3.06. The zero-order valence-corrected chi connectivity index (χ0v) is 15.5. The van der Waals surface area contributed by atoms with E-state index in [-0.39, 0.29) is 11.1 Å². The Morgan fingerprint density at radius 3 is 2.62 bits per heavy atom. The summed E-state index contributed by atoms with van der Waals surface area (Å²) in [5.74, 6) is -0.442. The molecule has 3 aromatic rings. The predicted octanol–water partition coefficient (Wildman–Crippen LogP) is 1.88. The summed E-state index contributed by atoms with van der Waals surface area (Å²) in [5, 5.41) is 11.8. The first-order valence-corrected chi connectivity index (χ1v) is 8.64. The number of hydrogen-bond acceptors (Lipinski definition) is 4. The first-order valence-electron chi connectivity index (χ1n) is 8.64. The number of hydrogen-bond donors (Lipinski definition) is 1. The van der Waals surface area contributed by atoms with Crippen LogP contribution in [0.5, 0.6) is 0 Å². The van der Waals surface area contributed by atoms with Crippen molar-refractivity contribution in [1.29, 1.82) is 0 Å². The molecule has 0 spiro atoms. The molecule has 136 valence electrons. The van der Waals surface area contributed by atoms with Crippen LogP contribution in [0.4, 0.5) is 0 Å². The number of aromatic nitrogens is 4. The van der Waals surface area contributed by atoms with Gasteiger partial charge in [0.15, 0.2) is 5.69 Å². The molecule has 0 radical (unpaired) electrons. The summed E-state index contributed by atoms with van der Waals surface area (Å²) in [7, 11) is 1.73. The maximum absolute atomic E-state index is 12.6. The van der Waals surface area contributed by atoms with E-state index in [1.54, 1.807) is 17.8 Å². The fraction of sp³-hybridized carbons (Fsp3) is 0.368. The summed E-state index contributed by atoms with van der Waals surface area (Å²) in [5.41, 5.74) is 3.34. The van der Waals surface area contributed by atoms with Crippen molar-refractivity contribution in [3.8, 4) is 0 Å². The van der Waals surface area contributed by atoms with E-state index < -0.39 is 5.91 Å². The number of carbonyl (C=O) groups is 1. The highest BCUT2D eigenvalue weighted by atomic mass is 16.2. The van der Waals surface area contributed by atoms with Crippen LogP contribution in [-0.2, 0) is 13.6 Å². The van der Waals surface area contributed by atoms with E-state index in [9.17, 15) is 9.59 Å². The number of benzene rings is 1. The zero-order valence-electron chi connectivity index (χ0n) is 15.5. The molecule has 0 aliphatic heterocycles. The van der Waals surface area contributed by atoms with Gasteiger partial charge in [-0.2, -0.15) is 10.2 Å². The molecule has 0 bridgehead atoms. The number of fused-ring (bicyclic) bond motifs is 1. The standard InChI is InChI=1S/C19H23N5O2/c1-12-6-7-16-15(10-12)18(25)17(22-23(16)4)19(26)20-8-5-9-24-14(3)11-13(2)21-24/h6-7,10-11H,5,8-9H2,1-4H3,(H,20,26). The lowest BCUT2D eigenvalue weighted by Crippen LogP contribution is -2.32. The van der Waals surface area contributed by atoms with Crippen molar-refractivity contribution >= 4 is 16.8 Å². The van der Waals surface area contributed by atoms with Gasteiger partial charge in [-0.1, -0.05) is 11.6 Å². The van der Waals surface area contributed by atoms with Gasteiger partial charge >= 0.3 is 0 Å². The van der Waals surface area contributed by atoms with Gasteiger partial charge in [-0.05, 0) is 45.4 Å². The molecule has 2 aromatic heterocycles. The Morgan fingerprint density at radius 2 is 1.92 bits per heavy atom. The highest BCUT2D eigenvalue weighted by Gasteiger charge is 2.16. The van der Waals surface area contributed by atoms with Crippen LogP contribution < -0.4 is 10.7 Å². The Labute approximate surface area is 151 Å². The molecular formula is C19H23N5O2. The number of aryl methyl sites for hydroxylation is 5. The largest absolute Gasteiger partial charge is 0.350 e. The Balaban J connectivity index is 1.71. The van der Waals surface area contributed by atoms with E-state index in [1.807, 2.05) is 43.7 Å². The predicted molar refractivity (Wildman–Crippen MR) is 100 cm³/mol. The molecule has 0 aliphatic rings. The lowest BCUT2D eigenvalue weighted by molar-refractivity contribution is 0.0944. The van der Waals surface area contributed by atoms with Crippen molar-refractivity contribution in [2.24, 2.45) is 7.05 Å². The molecule has 1 N–H and O–H groups in total. The van der Waals surface area contributed by atoms with Gasteiger partial charge in [0, 0.05) is 25.8 Å². The lowest BCUT2D eigenvalue weighted by atomic mass is 10.1. The number of rotatable bonds is 5. The average Bonchev–Trinajstić information content (AvgIpc) is 2.92. The summed E-state index contributed by atoms with van der Waals surface area (Å²) >= 11 is 0. The molecule has 0 saturated carbocycles. The number of nitrogens with zero attached hydrogens (tertiary/aromatic N) is 4. The van der Waals surface area contributed by atoms with Crippen molar-refractivity contribution in [2.75, 3.05) is 6.54 Å². The van der Waals surface area contributed by atoms with Crippen molar-refractivity contribution in [3.63, 3.8) is 0 Å². The van der Waals surface area contributed by atoms with Crippen molar-refractivity contribution < 1.29 is 4.79 Å². The van der Waals surface area contributed by atoms with Gasteiger partial charge in [-0.15, -0.1) is 0 Å². The first kappa shape index (κ1) is 17.8. The molecule has 7 heteroatoms. The van der Waals surface area contributed by atoms with Crippen molar-refractivity contribution in [3.05, 3.63) is 57.1 Å². The Morgan fingerprint density at radius 1 is 1.15 bits per heavy atom. The quantitative estimate of drug-likeness (QED) is 0.710. The minimum Gasteiger partial charge on any atom is -0.350 e. The Kier molecular flexibility index (Phi) is 4.88. The van der Waals surface area contributed by atoms with Crippen LogP contribution in [0.25, 0.3) is 10.9 Å². The maximum atomic E-state index is 12.6. The van der Waals surface area contributed by atoms with E-state index in [1.165, 1.54) is 0 Å². The van der Waals surface area contributed by atoms with E-state index in [2.05, 4.69) is 15.5 Å². The smallest absolute Gasteiger partial charge is 0.275 e. The molecule has 7 nitrogen and oxygen atoms in total. The molecular weight excluding hydrogens is 330 g/mol. The molecule has 0 fully saturated rings.